The van der Waals surface area contributed by atoms with Crippen LogP contribution in [0.2, 0.25) is 0 Å². The van der Waals surface area contributed by atoms with Gasteiger partial charge in [0, 0.05) is 24.8 Å². The molecular weight excluding hydrogens is 325 g/mol. The summed E-state index contributed by atoms with van der Waals surface area (Å²) in [5, 5.41) is 2.82. The van der Waals surface area contributed by atoms with Gasteiger partial charge in [-0.05, 0) is 31.5 Å². The molecule has 4 rings (SSSR count). The summed E-state index contributed by atoms with van der Waals surface area (Å²) in [5.74, 6) is -1.05. The largest absolute Gasteiger partial charge is 0.450 e. The van der Waals surface area contributed by atoms with Gasteiger partial charge in [-0.15, -0.1) is 0 Å². The van der Waals surface area contributed by atoms with E-state index >= 15 is 0 Å². The number of halogens is 1. The van der Waals surface area contributed by atoms with Gasteiger partial charge < -0.3 is 10.1 Å². The van der Waals surface area contributed by atoms with Crippen molar-refractivity contribution < 1.29 is 18.7 Å². The Hall–Kier alpha value is -2.25. The molecule has 1 aromatic carbocycles. The molecule has 0 aliphatic carbocycles. The highest BCUT2D eigenvalue weighted by molar-refractivity contribution is 5.97. The summed E-state index contributed by atoms with van der Waals surface area (Å²) in [5.41, 5.74) is 7.52. The minimum atomic E-state index is -0.828. The molecule has 1 fully saturated rings. The lowest BCUT2D eigenvalue weighted by Gasteiger charge is -2.32. The number of carbonyl (C=O) groups excluding carboxylic acids is 2. The molecule has 0 spiro atoms. The molecule has 1 saturated heterocycles. The standard InChI is InChI=1S/C18H20FN3O3/c1-18(2)16-14(17(24)25-18)11(7-13(23)21-16)12-8-20-22-15(12)9-3-5-10(19)6-4-9/h3-6,11-12,15,20,22H,7-8H2,1-2H3,(H,21,23). The average molecular weight is 345 g/mol. The molecule has 3 atom stereocenters. The number of hydrogen-bond acceptors (Lipinski definition) is 5. The fourth-order valence-electron chi connectivity index (χ4n) is 4.06. The van der Waals surface area contributed by atoms with Crippen LogP contribution in [-0.4, -0.2) is 24.0 Å². The maximum absolute atomic E-state index is 13.2. The highest BCUT2D eigenvalue weighted by Gasteiger charge is 2.51. The number of cyclic esters (lactones) is 1. The van der Waals surface area contributed by atoms with Crippen molar-refractivity contribution in [3.63, 3.8) is 0 Å². The normalized spacial score (nSPS) is 30.9. The number of rotatable bonds is 2. The zero-order valence-corrected chi connectivity index (χ0v) is 14.1. The van der Waals surface area contributed by atoms with Crippen LogP contribution in [0.4, 0.5) is 4.39 Å². The maximum Gasteiger partial charge on any atom is 0.337 e. The summed E-state index contributed by atoms with van der Waals surface area (Å²) in [7, 11) is 0. The Balaban J connectivity index is 1.72. The van der Waals surface area contributed by atoms with Gasteiger partial charge >= 0.3 is 5.97 Å². The van der Waals surface area contributed by atoms with E-state index in [2.05, 4.69) is 16.2 Å². The number of esters is 1. The highest BCUT2D eigenvalue weighted by Crippen LogP contribution is 2.44. The van der Waals surface area contributed by atoms with Crippen molar-refractivity contribution in [2.24, 2.45) is 11.8 Å². The molecule has 3 unspecified atom stereocenters. The molecule has 132 valence electrons. The smallest absolute Gasteiger partial charge is 0.337 e. The fourth-order valence-corrected chi connectivity index (χ4v) is 4.06. The van der Waals surface area contributed by atoms with Crippen molar-refractivity contribution in [2.75, 3.05) is 6.54 Å². The summed E-state index contributed by atoms with van der Waals surface area (Å²) < 4.78 is 18.7. The molecule has 6 nitrogen and oxygen atoms in total. The van der Waals surface area contributed by atoms with Crippen LogP contribution in [0, 0.1) is 17.7 Å². The van der Waals surface area contributed by atoms with E-state index < -0.39 is 5.60 Å². The fraction of sp³-hybridized carbons (Fsp3) is 0.444. The third-order valence-corrected chi connectivity index (χ3v) is 5.25. The Labute approximate surface area is 144 Å². The van der Waals surface area contributed by atoms with Gasteiger partial charge in [0.1, 0.15) is 11.4 Å². The highest BCUT2D eigenvalue weighted by atomic mass is 19.1. The number of hydrogen-bond donors (Lipinski definition) is 3. The zero-order valence-electron chi connectivity index (χ0n) is 14.1. The molecule has 3 aliphatic rings. The van der Waals surface area contributed by atoms with E-state index in [4.69, 9.17) is 4.74 Å². The van der Waals surface area contributed by atoms with Gasteiger partial charge in [-0.3, -0.25) is 10.2 Å². The number of hydrazine groups is 1. The Morgan fingerprint density at radius 1 is 1.20 bits per heavy atom. The predicted octanol–water partition coefficient (Wildman–Crippen LogP) is 1.32. The number of amides is 1. The molecule has 3 N–H and O–H groups in total. The van der Waals surface area contributed by atoms with Gasteiger partial charge in [-0.25, -0.2) is 14.6 Å². The molecule has 3 heterocycles. The van der Waals surface area contributed by atoms with Crippen molar-refractivity contribution in [1.29, 1.82) is 0 Å². The number of ether oxygens (including phenoxy) is 1. The van der Waals surface area contributed by atoms with Crippen LogP contribution in [0.25, 0.3) is 0 Å². The maximum atomic E-state index is 13.2. The van der Waals surface area contributed by atoms with Crippen molar-refractivity contribution in [2.45, 2.75) is 31.9 Å². The first-order valence-corrected chi connectivity index (χ1v) is 8.38. The van der Waals surface area contributed by atoms with Gasteiger partial charge in [-0.1, -0.05) is 12.1 Å². The topological polar surface area (TPSA) is 79.5 Å². The van der Waals surface area contributed by atoms with Gasteiger partial charge in [0.2, 0.25) is 5.91 Å². The molecule has 7 heteroatoms. The second kappa shape index (κ2) is 5.64. The van der Waals surface area contributed by atoms with E-state index in [9.17, 15) is 14.0 Å². The minimum Gasteiger partial charge on any atom is -0.450 e. The van der Waals surface area contributed by atoms with E-state index in [0.29, 0.717) is 17.8 Å². The Bertz CT molecular complexity index is 772. The second-order valence-corrected chi connectivity index (χ2v) is 7.27. The predicted molar refractivity (Wildman–Crippen MR) is 87.2 cm³/mol. The summed E-state index contributed by atoms with van der Waals surface area (Å²) >= 11 is 0. The molecule has 0 aromatic heterocycles. The SMILES string of the molecule is CC1(C)OC(=O)C2=C1NC(=O)CC2C1CNNC1c1ccc(F)cc1. The van der Waals surface area contributed by atoms with E-state index in [-0.39, 0.29) is 42.0 Å². The van der Waals surface area contributed by atoms with Crippen molar-refractivity contribution in [3.05, 3.63) is 46.9 Å². The Morgan fingerprint density at radius 2 is 1.92 bits per heavy atom. The lowest BCUT2D eigenvalue weighted by atomic mass is 9.75. The minimum absolute atomic E-state index is 0.0250. The van der Waals surface area contributed by atoms with E-state index in [1.54, 1.807) is 26.0 Å². The average Bonchev–Trinajstić information content (AvgIpc) is 3.11. The van der Waals surface area contributed by atoms with E-state index in [1.807, 2.05) is 0 Å². The van der Waals surface area contributed by atoms with Crippen LogP contribution in [0.1, 0.15) is 31.9 Å². The third kappa shape index (κ3) is 2.63. The van der Waals surface area contributed by atoms with Crippen LogP contribution in [0.3, 0.4) is 0 Å². The Morgan fingerprint density at radius 3 is 2.64 bits per heavy atom. The van der Waals surface area contributed by atoms with E-state index in [0.717, 1.165) is 5.56 Å². The van der Waals surface area contributed by atoms with Gasteiger partial charge in [0.05, 0.1) is 17.3 Å². The Kier molecular flexibility index (Phi) is 3.66. The molecule has 1 aromatic rings. The molecule has 3 aliphatic heterocycles. The first-order valence-electron chi connectivity index (χ1n) is 8.38. The van der Waals surface area contributed by atoms with Crippen LogP contribution in [0.5, 0.6) is 0 Å². The van der Waals surface area contributed by atoms with Crippen molar-refractivity contribution in [1.82, 2.24) is 16.2 Å². The summed E-state index contributed by atoms with van der Waals surface area (Å²) in [6.07, 6.45) is 0.232. The number of benzene rings is 1. The summed E-state index contributed by atoms with van der Waals surface area (Å²) in [6, 6.07) is 6.15. The van der Waals surface area contributed by atoms with Crippen LogP contribution in [0.15, 0.2) is 35.5 Å². The van der Waals surface area contributed by atoms with Crippen molar-refractivity contribution in [3.8, 4) is 0 Å². The van der Waals surface area contributed by atoms with Crippen LogP contribution < -0.4 is 16.2 Å². The monoisotopic (exact) mass is 345 g/mol. The molecule has 25 heavy (non-hydrogen) atoms. The van der Waals surface area contributed by atoms with Crippen LogP contribution in [-0.2, 0) is 14.3 Å². The second-order valence-electron chi connectivity index (χ2n) is 7.27. The van der Waals surface area contributed by atoms with Gasteiger partial charge in [-0.2, -0.15) is 0 Å². The molecular formula is C18H20FN3O3. The first kappa shape index (κ1) is 16.2. The summed E-state index contributed by atoms with van der Waals surface area (Å²) in [6.45, 7) is 4.15. The molecule has 1 amide bonds. The van der Waals surface area contributed by atoms with Gasteiger partial charge in [0.15, 0.2) is 0 Å². The zero-order chi connectivity index (χ0) is 17.8. The van der Waals surface area contributed by atoms with Crippen molar-refractivity contribution >= 4 is 11.9 Å². The number of carbonyl (C=O) groups is 2. The molecule has 0 saturated carbocycles. The van der Waals surface area contributed by atoms with E-state index in [1.165, 1.54) is 12.1 Å². The third-order valence-electron chi connectivity index (χ3n) is 5.25. The molecule has 0 radical (unpaired) electrons. The summed E-state index contributed by atoms with van der Waals surface area (Å²) in [4.78, 5) is 24.7. The van der Waals surface area contributed by atoms with Gasteiger partial charge in [0.25, 0.3) is 0 Å². The molecule has 0 bridgehead atoms. The lowest BCUT2D eigenvalue weighted by molar-refractivity contribution is -0.145. The van der Waals surface area contributed by atoms with Crippen LogP contribution >= 0.6 is 0 Å². The first-order chi connectivity index (χ1) is 11.9. The number of nitrogens with one attached hydrogen (secondary N) is 3. The lowest BCUT2D eigenvalue weighted by Crippen LogP contribution is -2.41. The quantitative estimate of drug-likeness (QED) is 0.705.